The van der Waals surface area contributed by atoms with Crippen LogP contribution in [0.3, 0.4) is 0 Å². The highest BCUT2D eigenvalue weighted by molar-refractivity contribution is 5.99. The molecule has 86 heavy (non-hydrogen) atoms. The first-order chi connectivity index (χ1) is 39.2. The van der Waals surface area contributed by atoms with Gasteiger partial charge in [0.15, 0.2) is 0 Å². The monoisotopic (exact) mass is 1220 g/mol. The summed E-state index contributed by atoms with van der Waals surface area (Å²) < 4.78 is 0. The fourth-order valence-electron chi connectivity index (χ4n) is 10.7. The lowest BCUT2D eigenvalue weighted by Crippen LogP contribution is -2.63. The van der Waals surface area contributed by atoms with Gasteiger partial charge in [0.25, 0.3) is 0 Å². The average molecular weight is 1220 g/mol. The highest BCUT2D eigenvalue weighted by atomic mass is 19.0. The molecule has 0 aromatic carbocycles. The summed E-state index contributed by atoms with van der Waals surface area (Å²) in [6.45, 7) is 29.3. The largest absolute Gasteiger partial charge is 0.390 e. The number of nitrogens with zero attached hydrogens (tertiary/aromatic N) is 7. The van der Waals surface area contributed by atoms with E-state index in [2.05, 4.69) is 21.3 Å². The van der Waals surface area contributed by atoms with Crippen molar-refractivity contribution in [3.63, 3.8) is 0 Å². The lowest BCUT2D eigenvalue weighted by Gasteiger charge is -2.41. The fraction of sp³-hybridized carbons (Fsp3) is 0.790. The van der Waals surface area contributed by atoms with Gasteiger partial charge in [0, 0.05) is 49.3 Å². The number of rotatable bonds is 15. The smallest absolute Gasteiger partial charge is 0.246 e. The SMILES string of the molecule is CC=CC[C@@H](C)[C@@H](O)[C@H]1C(=O)N[C@@H](CC)C(=O)N(C)CC(=O)N(C)[C@@H](CC(C)C)C(=O)N[C@@H](C(C)C)C(=O)N(C)[C@@H](CC(C)C)C(=O)N[C@@H](C)C(=O)N[C@H](C)C(=O)N(C)[C@@H](CC(C)C)C(=O)N(C)[C@@H](CC(C)C)C(=O)N(C)[C@@H](C(C)C)C(=O)N1C.F. The van der Waals surface area contributed by atoms with Crippen LogP contribution in [0.2, 0.25) is 0 Å². The maximum absolute atomic E-state index is 15.1. The van der Waals surface area contributed by atoms with E-state index in [4.69, 9.17) is 0 Å². The predicted molar refractivity (Wildman–Crippen MR) is 331 cm³/mol. The molecule has 0 bridgehead atoms. The van der Waals surface area contributed by atoms with Gasteiger partial charge in [-0.3, -0.25) is 57.4 Å². The van der Waals surface area contributed by atoms with Gasteiger partial charge >= 0.3 is 0 Å². The minimum absolute atomic E-state index is 0. The van der Waals surface area contributed by atoms with Crippen LogP contribution in [0.25, 0.3) is 0 Å². The Morgan fingerprint density at radius 3 is 1.31 bits per heavy atom. The summed E-state index contributed by atoms with van der Waals surface area (Å²) in [5, 5.41) is 23.1. The topological polar surface area (TPSA) is 279 Å². The first-order valence-electron chi connectivity index (χ1n) is 30.6. The van der Waals surface area contributed by atoms with E-state index in [1.54, 1.807) is 54.5 Å². The molecule has 1 aliphatic rings. The number of likely N-dealkylation sites (N-methyl/N-ethyl adjacent to an activating group) is 7. The molecule has 0 aliphatic carbocycles. The number of amides is 11. The summed E-state index contributed by atoms with van der Waals surface area (Å²) in [7, 11) is 9.92. The molecule has 0 radical (unpaired) electrons. The maximum Gasteiger partial charge on any atom is 0.246 e. The number of carbonyl (C=O) groups excluding carboxylic acids is 11. The van der Waals surface area contributed by atoms with Crippen molar-refractivity contribution in [2.24, 2.45) is 41.4 Å². The van der Waals surface area contributed by atoms with Gasteiger partial charge in [0.1, 0.15) is 60.4 Å². The molecular weight excluding hydrogens is 1110 g/mol. The van der Waals surface area contributed by atoms with Crippen molar-refractivity contribution in [2.45, 2.75) is 223 Å². The molecule has 0 aromatic rings. The molecule has 11 amide bonds. The van der Waals surface area contributed by atoms with Gasteiger partial charge < -0.3 is 60.7 Å². The molecule has 1 saturated heterocycles. The molecule has 0 spiro atoms. The molecule has 1 heterocycles. The van der Waals surface area contributed by atoms with E-state index in [-0.39, 0.29) is 60.5 Å². The van der Waals surface area contributed by atoms with Gasteiger partial charge in [-0.15, -0.1) is 0 Å². The van der Waals surface area contributed by atoms with E-state index in [9.17, 15) is 48.3 Å². The third-order valence-electron chi connectivity index (χ3n) is 16.1. The second kappa shape index (κ2) is 36.2. The van der Waals surface area contributed by atoms with Crippen LogP contribution in [0.4, 0.5) is 4.70 Å². The van der Waals surface area contributed by atoms with Gasteiger partial charge in [-0.25, -0.2) is 0 Å². The molecule has 0 aromatic heterocycles. The summed E-state index contributed by atoms with van der Waals surface area (Å²) in [5.74, 6) is -9.71. The minimum atomic E-state index is -1.61. The summed E-state index contributed by atoms with van der Waals surface area (Å²) >= 11 is 0. The molecule has 494 valence electrons. The molecule has 0 saturated carbocycles. The van der Waals surface area contributed by atoms with Crippen LogP contribution in [0.5, 0.6) is 0 Å². The van der Waals surface area contributed by atoms with Crippen LogP contribution in [-0.2, 0) is 52.7 Å². The zero-order valence-electron chi connectivity index (χ0n) is 56.5. The Morgan fingerprint density at radius 1 is 0.465 bits per heavy atom. The van der Waals surface area contributed by atoms with E-state index in [0.29, 0.717) is 6.42 Å². The number of aliphatic hydroxyl groups excluding tert-OH is 1. The van der Waals surface area contributed by atoms with Crippen molar-refractivity contribution in [2.75, 3.05) is 55.9 Å². The van der Waals surface area contributed by atoms with Crippen molar-refractivity contribution in [3.05, 3.63) is 12.2 Å². The second-order valence-electron chi connectivity index (χ2n) is 26.1. The Morgan fingerprint density at radius 2 is 0.872 bits per heavy atom. The fourth-order valence-corrected chi connectivity index (χ4v) is 10.7. The van der Waals surface area contributed by atoms with E-state index in [1.807, 2.05) is 61.5 Å². The quantitative estimate of drug-likeness (QED) is 0.148. The number of hydrogen-bond acceptors (Lipinski definition) is 12. The van der Waals surface area contributed by atoms with Crippen molar-refractivity contribution in [3.8, 4) is 0 Å². The molecule has 0 unspecified atom stereocenters. The average Bonchev–Trinajstić information content (AvgIpc) is 3.35. The Hall–Kier alpha value is -6.20. The van der Waals surface area contributed by atoms with Crippen LogP contribution in [-0.4, -0.2) is 227 Å². The Bertz CT molecular complexity index is 2330. The lowest BCUT2D eigenvalue weighted by molar-refractivity contribution is -0.157. The minimum Gasteiger partial charge on any atom is -0.390 e. The van der Waals surface area contributed by atoms with Crippen molar-refractivity contribution in [1.29, 1.82) is 0 Å². The number of nitrogens with one attached hydrogen (secondary N) is 4. The number of halogens is 1. The predicted octanol–water partition coefficient (Wildman–Crippen LogP) is 3.42. The molecule has 1 aliphatic heterocycles. The molecular formula is C62H112FN11O12. The number of hydrogen-bond donors (Lipinski definition) is 5. The van der Waals surface area contributed by atoms with Crippen molar-refractivity contribution >= 4 is 65.0 Å². The summed E-state index contributed by atoms with van der Waals surface area (Å²) in [5.41, 5.74) is 0. The van der Waals surface area contributed by atoms with E-state index >= 15 is 9.59 Å². The second-order valence-corrected chi connectivity index (χ2v) is 26.1. The third-order valence-corrected chi connectivity index (χ3v) is 16.1. The summed E-state index contributed by atoms with van der Waals surface area (Å²) in [4.78, 5) is 169. The van der Waals surface area contributed by atoms with Crippen LogP contribution < -0.4 is 21.3 Å². The van der Waals surface area contributed by atoms with E-state index in [1.165, 1.54) is 87.7 Å². The molecule has 23 nitrogen and oxygen atoms in total. The molecule has 12 atom stereocenters. The maximum atomic E-state index is 15.1. The van der Waals surface area contributed by atoms with Gasteiger partial charge in [0.2, 0.25) is 65.0 Å². The first-order valence-corrected chi connectivity index (χ1v) is 30.6. The Kier molecular flexibility index (Phi) is 33.6. The summed E-state index contributed by atoms with van der Waals surface area (Å²) in [6, 6.07) is -12.3. The van der Waals surface area contributed by atoms with Crippen LogP contribution in [0.15, 0.2) is 12.2 Å². The zero-order valence-corrected chi connectivity index (χ0v) is 56.5. The molecule has 24 heteroatoms. The van der Waals surface area contributed by atoms with Gasteiger partial charge in [-0.2, -0.15) is 0 Å². The Balaban J connectivity index is 0.0000722. The van der Waals surface area contributed by atoms with E-state index < -0.39 is 156 Å². The van der Waals surface area contributed by atoms with Crippen LogP contribution in [0.1, 0.15) is 156 Å². The van der Waals surface area contributed by atoms with Gasteiger partial charge in [-0.05, 0) is 101 Å². The van der Waals surface area contributed by atoms with Crippen LogP contribution in [0, 0.1) is 41.4 Å². The molecule has 1 fully saturated rings. The lowest BCUT2D eigenvalue weighted by atomic mass is 9.91. The normalized spacial score (nSPS) is 26.6. The number of carbonyl (C=O) groups is 11. The Labute approximate surface area is 513 Å². The van der Waals surface area contributed by atoms with E-state index in [0.717, 1.165) is 9.80 Å². The first kappa shape index (κ1) is 79.8. The third kappa shape index (κ3) is 22.2. The summed E-state index contributed by atoms with van der Waals surface area (Å²) in [6.07, 6.45) is 3.04. The zero-order chi connectivity index (χ0) is 66.0. The standard InChI is InChI=1S/C62H111N11O12.FH/c1-25-27-28-40(15)52(75)51-56(79)65-43(26-2)58(81)67(18)33-48(74)68(19)44(29-34(3)4)55(78)66-49(38(11)12)61(84)69(20)45(30-35(5)6)54(77)63-41(16)53(76)64-42(17)57(80)70(21)46(31-36(7)8)59(82)71(22)47(32-37(9)10)60(83)72(23)50(39(13)14)62(85)73(51)24;/h25,27,34-47,49-52,75H,26,28-33H2,1-24H3,(H,63,77)(H,64,76)(H,65,79)(H,66,78);1H/t40-,41+,42-,43+,44+,45+,46+,47+,49+,50+,51+,52-;/m1./s1. The van der Waals surface area contributed by atoms with Crippen molar-refractivity contribution < 1.29 is 62.6 Å². The number of aliphatic hydroxyl groups is 1. The highest BCUT2D eigenvalue weighted by Gasteiger charge is 2.45. The highest BCUT2D eigenvalue weighted by Crippen LogP contribution is 2.26. The van der Waals surface area contributed by atoms with Crippen molar-refractivity contribution in [1.82, 2.24) is 55.6 Å². The molecule has 5 N–H and O–H groups in total. The van der Waals surface area contributed by atoms with Gasteiger partial charge in [-0.1, -0.05) is 109 Å². The number of allylic oxidation sites excluding steroid dienone is 2. The van der Waals surface area contributed by atoms with Crippen LogP contribution >= 0.6 is 0 Å². The van der Waals surface area contributed by atoms with Gasteiger partial charge in [0.05, 0.1) is 12.6 Å². The molecule has 1 rings (SSSR count).